The van der Waals surface area contributed by atoms with Crippen LogP contribution in [0.15, 0.2) is 34.3 Å². The summed E-state index contributed by atoms with van der Waals surface area (Å²) < 4.78 is 0. The van der Waals surface area contributed by atoms with E-state index in [-0.39, 0.29) is 5.75 Å². The second kappa shape index (κ2) is 4.49. The Bertz CT molecular complexity index is 499. The third-order valence-corrected chi connectivity index (χ3v) is 2.98. The Morgan fingerprint density at radius 3 is 2.31 bits per heavy atom. The zero-order valence-electron chi connectivity index (χ0n) is 9.01. The molecular formula is C11H11N3OS. The van der Waals surface area contributed by atoms with Crippen molar-refractivity contribution in [3.63, 3.8) is 0 Å². The standard InChI is InChI=1S/C11H11N3OS/c1-7-8(2)13-14-11(12-7)16-10-5-3-9(15)4-6-10/h3-6,15H,1-2H3. The largest absolute Gasteiger partial charge is 0.508 e. The molecule has 2 rings (SSSR count). The van der Waals surface area contributed by atoms with Gasteiger partial charge in [-0.1, -0.05) is 0 Å². The van der Waals surface area contributed by atoms with Gasteiger partial charge >= 0.3 is 0 Å². The fourth-order valence-corrected chi connectivity index (χ4v) is 1.85. The van der Waals surface area contributed by atoms with Gasteiger partial charge in [-0.15, -0.1) is 5.10 Å². The molecule has 0 amide bonds. The van der Waals surface area contributed by atoms with Crippen molar-refractivity contribution in [1.82, 2.24) is 15.2 Å². The van der Waals surface area contributed by atoms with E-state index in [1.165, 1.54) is 11.8 Å². The lowest BCUT2D eigenvalue weighted by Gasteiger charge is -2.01. The van der Waals surface area contributed by atoms with Gasteiger partial charge < -0.3 is 5.11 Å². The first-order valence-corrected chi connectivity index (χ1v) is 5.61. The van der Waals surface area contributed by atoms with Crippen molar-refractivity contribution in [2.45, 2.75) is 23.9 Å². The Balaban J connectivity index is 2.20. The summed E-state index contributed by atoms with van der Waals surface area (Å²) in [5.41, 5.74) is 1.73. The molecule has 2 aromatic rings. The second-order valence-electron chi connectivity index (χ2n) is 3.36. The molecule has 0 aliphatic rings. The third kappa shape index (κ3) is 2.49. The van der Waals surface area contributed by atoms with E-state index in [2.05, 4.69) is 15.2 Å². The van der Waals surface area contributed by atoms with Crippen molar-refractivity contribution >= 4 is 11.8 Å². The minimum Gasteiger partial charge on any atom is -0.508 e. The van der Waals surface area contributed by atoms with Crippen LogP contribution in [0.5, 0.6) is 5.75 Å². The Labute approximate surface area is 97.8 Å². The number of phenolic OH excluding ortho intramolecular Hbond substituents is 1. The van der Waals surface area contributed by atoms with E-state index >= 15 is 0 Å². The molecule has 1 aromatic heterocycles. The number of nitrogens with zero attached hydrogens (tertiary/aromatic N) is 3. The summed E-state index contributed by atoms with van der Waals surface area (Å²) in [4.78, 5) is 5.29. The maximum atomic E-state index is 9.15. The molecule has 1 N–H and O–H groups in total. The van der Waals surface area contributed by atoms with Crippen LogP contribution in [0.3, 0.4) is 0 Å². The molecule has 0 radical (unpaired) electrons. The average Bonchev–Trinajstić information content (AvgIpc) is 2.27. The number of aromatic nitrogens is 3. The van der Waals surface area contributed by atoms with Gasteiger partial charge in [-0.25, -0.2) is 4.98 Å². The summed E-state index contributed by atoms with van der Waals surface area (Å²) in [5, 5.41) is 17.8. The van der Waals surface area contributed by atoms with Crippen molar-refractivity contribution in [2.75, 3.05) is 0 Å². The van der Waals surface area contributed by atoms with Crippen LogP contribution in [0.1, 0.15) is 11.4 Å². The van der Waals surface area contributed by atoms with Gasteiger partial charge in [0, 0.05) is 4.90 Å². The van der Waals surface area contributed by atoms with E-state index in [0.29, 0.717) is 5.16 Å². The van der Waals surface area contributed by atoms with Crippen LogP contribution in [0.4, 0.5) is 0 Å². The molecule has 0 saturated carbocycles. The van der Waals surface area contributed by atoms with Gasteiger partial charge in [-0.05, 0) is 49.9 Å². The minimum absolute atomic E-state index is 0.253. The predicted octanol–water partition coefficient (Wildman–Crippen LogP) is 2.35. The Hall–Kier alpha value is -1.62. The van der Waals surface area contributed by atoms with Crippen molar-refractivity contribution < 1.29 is 5.11 Å². The molecule has 5 heteroatoms. The van der Waals surface area contributed by atoms with Gasteiger partial charge in [0.2, 0.25) is 5.16 Å². The van der Waals surface area contributed by atoms with Crippen molar-refractivity contribution in [1.29, 1.82) is 0 Å². The number of aryl methyl sites for hydroxylation is 2. The van der Waals surface area contributed by atoms with Crippen molar-refractivity contribution in [2.24, 2.45) is 0 Å². The normalized spacial score (nSPS) is 10.4. The summed E-state index contributed by atoms with van der Waals surface area (Å²) in [6.45, 7) is 3.79. The van der Waals surface area contributed by atoms with Crippen molar-refractivity contribution in [3.05, 3.63) is 35.7 Å². The molecule has 0 saturated heterocycles. The van der Waals surface area contributed by atoms with Crippen LogP contribution in [-0.4, -0.2) is 20.3 Å². The lowest BCUT2D eigenvalue weighted by molar-refractivity contribution is 0.475. The highest BCUT2D eigenvalue weighted by molar-refractivity contribution is 7.99. The van der Waals surface area contributed by atoms with E-state index < -0.39 is 0 Å². The summed E-state index contributed by atoms with van der Waals surface area (Å²) in [5.74, 6) is 0.253. The van der Waals surface area contributed by atoms with Crippen LogP contribution in [0, 0.1) is 13.8 Å². The van der Waals surface area contributed by atoms with Gasteiger partial charge in [0.25, 0.3) is 0 Å². The summed E-state index contributed by atoms with van der Waals surface area (Å²) in [6, 6.07) is 6.91. The number of hydrogen-bond donors (Lipinski definition) is 1. The fraction of sp³-hybridized carbons (Fsp3) is 0.182. The molecule has 0 unspecified atom stereocenters. The fourth-order valence-electron chi connectivity index (χ4n) is 1.10. The molecule has 0 bridgehead atoms. The predicted molar refractivity (Wildman–Crippen MR) is 61.5 cm³/mol. The zero-order valence-corrected chi connectivity index (χ0v) is 9.82. The second-order valence-corrected chi connectivity index (χ2v) is 4.40. The Kier molecular flexibility index (Phi) is 3.05. The number of aromatic hydroxyl groups is 1. The van der Waals surface area contributed by atoms with E-state index in [9.17, 15) is 0 Å². The average molecular weight is 233 g/mol. The molecular weight excluding hydrogens is 222 g/mol. The first-order chi connectivity index (χ1) is 7.65. The lowest BCUT2D eigenvalue weighted by Crippen LogP contribution is -1.97. The van der Waals surface area contributed by atoms with Gasteiger partial charge in [0.05, 0.1) is 11.4 Å². The summed E-state index contributed by atoms with van der Waals surface area (Å²) in [7, 11) is 0. The molecule has 16 heavy (non-hydrogen) atoms. The summed E-state index contributed by atoms with van der Waals surface area (Å²) >= 11 is 1.42. The maximum absolute atomic E-state index is 9.15. The number of benzene rings is 1. The molecule has 1 heterocycles. The SMILES string of the molecule is Cc1nnc(Sc2ccc(O)cc2)nc1C. The van der Waals surface area contributed by atoms with Crippen LogP contribution in [0.25, 0.3) is 0 Å². The van der Waals surface area contributed by atoms with Crippen LogP contribution in [0.2, 0.25) is 0 Å². The topological polar surface area (TPSA) is 58.9 Å². The van der Waals surface area contributed by atoms with Crippen LogP contribution in [-0.2, 0) is 0 Å². The highest BCUT2D eigenvalue weighted by Gasteiger charge is 2.03. The lowest BCUT2D eigenvalue weighted by atomic mass is 10.3. The minimum atomic E-state index is 0.253. The van der Waals surface area contributed by atoms with E-state index in [1.807, 2.05) is 26.0 Å². The van der Waals surface area contributed by atoms with Gasteiger partial charge in [-0.2, -0.15) is 5.10 Å². The Morgan fingerprint density at radius 2 is 1.69 bits per heavy atom. The molecule has 0 fully saturated rings. The first kappa shape index (κ1) is 10.9. The quantitative estimate of drug-likeness (QED) is 0.862. The van der Waals surface area contributed by atoms with Gasteiger partial charge in [0.1, 0.15) is 5.75 Å². The molecule has 82 valence electrons. The maximum Gasteiger partial charge on any atom is 0.214 e. The molecule has 0 spiro atoms. The van der Waals surface area contributed by atoms with E-state index in [4.69, 9.17) is 5.11 Å². The third-order valence-electron chi connectivity index (χ3n) is 2.12. The highest BCUT2D eigenvalue weighted by Crippen LogP contribution is 2.25. The van der Waals surface area contributed by atoms with Gasteiger partial charge in [-0.3, -0.25) is 0 Å². The van der Waals surface area contributed by atoms with E-state index in [0.717, 1.165) is 16.3 Å². The Morgan fingerprint density at radius 1 is 1.00 bits per heavy atom. The van der Waals surface area contributed by atoms with Gasteiger partial charge in [0.15, 0.2) is 0 Å². The molecule has 1 aromatic carbocycles. The number of rotatable bonds is 2. The highest BCUT2D eigenvalue weighted by atomic mass is 32.2. The summed E-state index contributed by atoms with van der Waals surface area (Å²) in [6.07, 6.45) is 0. The molecule has 4 nitrogen and oxygen atoms in total. The molecule has 0 aliphatic carbocycles. The van der Waals surface area contributed by atoms with Crippen LogP contribution < -0.4 is 0 Å². The van der Waals surface area contributed by atoms with Crippen molar-refractivity contribution in [3.8, 4) is 5.75 Å². The first-order valence-electron chi connectivity index (χ1n) is 4.80. The van der Waals surface area contributed by atoms with Crippen LogP contribution >= 0.6 is 11.8 Å². The number of phenols is 1. The zero-order chi connectivity index (χ0) is 11.5. The molecule has 0 aliphatic heterocycles. The van der Waals surface area contributed by atoms with E-state index in [1.54, 1.807) is 12.1 Å². The monoisotopic (exact) mass is 233 g/mol. The number of hydrogen-bond acceptors (Lipinski definition) is 5. The smallest absolute Gasteiger partial charge is 0.214 e. The molecule has 0 atom stereocenters.